The van der Waals surface area contributed by atoms with Gasteiger partial charge >= 0.3 is 57.4 Å². The number of halogens is 4. The minimum atomic E-state index is -4.94. The molecule has 38 nitrogen and oxygen atoms in total. The van der Waals surface area contributed by atoms with Crippen LogP contribution in [0.4, 0.5) is 0 Å². The first-order valence-electron chi connectivity index (χ1n) is 17.2. The van der Waals surface area contributed by atoms with Crippen LogP contribution in [0.5, 0.6) is 0 Å². The van der Waals surface area contributed by atoms with Crippen LogP contribution < -0.4 is 142 Å². The molecule has 0 bridgehead atoms. The van der Waals surface area contributed by atoms with Crippen molar-refractivity contribution in [2.75, 3.05) is 78.8 Å². The molecule has 0 unspecified atom stereocenters. The van der Waals surface area contributed by atoms with Gasteiger partial charge in [-0.2, -0.15) is 0 Å². The standard InChI is InChI=1S/2C9H15NO6.4C2H8N2.4ClHO4.2Co/c2*1-3-15-8(13)5(6(10)7(11)12)9(14)16-4-2;4*3-1-2-4;4*2-1(3,4)5;;/h2*5-6H,3-4,10H2,1-2H3,(H,11,12);4*1-4H2;4*(H,2,3,4,5);;/q;;;;;;;;;;2*+3/p-6/t2*6-;;;;;;;;;;/m10........../s1. The maximum absolute atomic E-state index is 11.3. The molecule has 20 N–H and O–H groups in total. The molecule has 0 radical (unpaired) electrons. The summed E-state index contributed by atoms with van der Waals surface area (Å²) < 4.78 is 154. The largest absolute Gasteiger partial charge is 3.00 e. The summed E-state index contributed by atoms with van der Waals surface area (Å²) >= 11 is 0. The number of carbonyl (C=O) groups is 6. The van der Waals surface area contributed by atoms with E-state index in [2.05, 4.69) is 18.9 Å². The van der Waals surface area contributed by atoms with E-state index >= 15 is 0 Å². The maximum Gasteiger partial charge on any atom is 3.00 e. The van der Waals surface area contributed by atoms with Gasteiger partial charge in [0, 0.05) is 52.4 Å². The molecule has 0 aromatic carbocycles. The van der Waals surface area contributed by atoms with Crippen molar-refractivity contribution in [1.82, 2.24) is 0 Å². The summed E-state index contributed by atoms with van der Waals surface area (Å²) in [4.78, 5) is 66.3. The molecule has 0 aliphatic carbocycles. The Balaban J connectivity index is -0.0000000570. The zero-order valence-electron chi connectivity index (χ0n) is 37.2. The molecule has 0 spiro atoms. The van der Waals surface area contributed by atoms with E-state index in [1.807, 2.05) is 0 Å². The zero-order valence-corrected chi connectivity index (χ0v) is 42.3. The van der Waals surface area contributed by atoms with Crippen molar-refractivity contribution in [3.05, 3.63) is 0 Å². The van der Waals surface area contributed by atoms with E-state index in [0.717, 1.165) is 0 Å². The maximum atomic E-state index is 11.3. The van der Waals surface area contributed by atoms with Crippen molar-refractivity contribution in [2.24, 2.45) is 69.2 Å². The summed E-state index contributed by atoms with van der Waals surface area (Å²) in [6.45, 7) is 10.9. The normalized spacial score (nSPS) is 10.6. The molecule has 70 heavy (non-hydrogen) atoms. The Morgan fingerprint density at radius 1 is 0.343 bits per heavy atom. The number of nitrogens with two attached hydrogens (primary N) is 10. The summed E-state index contributed by atoms with van der Waals surface area (Å²) in [7, 11) is -19.8. The Bertz CT molecular complexity index is 1020. The Morgan fingerprint density at radius 3 is 0.500 bits per heavy atom. The Labute approximate surface area is 429 Å². The van der Waals surface area contributed by atoms with Crippen LogP contribution >= 0.6 is 0 Å². The fraction of sp³-hybridized carbons (Fsp3) is 0.769. The molecule has 0 saturated carbocycles. The third-order valence-electron chi connectivity index (χ3n) is 4.09. The second kappa shape index (κ2) is 63.1. The molecule has 2 atom stereocenters. The van der Waals surface area contributed by atoms with Gasteiger partial charge in [0.15, 0.2) is 11.8 Å². The first-order chi connectivity index (χ1) is 30.6. The number of ether oxygens (including phenoxy) is 4. The Hall–Kier alpha value is -2.05. The van der Waals surface area contributed by atoms with E-state index in [1.54, 1.807) is 0 Å². The number of carboxylic acids is 2. The number of esters is 4. The molecular formula is C26H60Cl4Co2N10O28. The first kappa shape index (κ1) is 97.3. The van der Waals surface area contributed by atoms with E-state index in [1.165, 1.54) is 27.7 Å². The predicted molar refractivity (Wildman–Crippen MR) is 172 cm³/mol. The quantitative estimate of drug-likeness (QED) is 0.0390. The first-order valence-corrected chi connectivity index (χ1v) is 22.2. The molecule has 0 amide bonds. The second-order valence-electron chi connectivity index (χ2n) is 9.47. The topological polar surface area (TPSA) is 815 Å². The number of carbonyl (C=O) groups excluding carboxylic acids is 6. The van der Waals surface area contributed by atoms with Crippen molar-refractivity contribution in [1.29, 1.82) is 0 Å². The van der Waals surface area contributed by atoms with E-state index in [0.29, 0.717) is 52.4 Å². The minimum Gasteiger partial charge on any atom is -0.548 e. The van der Waals surface area contributed by atoms with Crippen LogP contribution in [0, 0.1) is 52.8 Å². The van der Waals surface area contributed by atoms with E-state index in [4.69, 9.17) is 132 Å². The molecule has 44 heteroatoms. The van der Waals surface area contributed by atoms with Crippen LogP contribution in [-0.2, 0) is 81.3 Å². The Morgan fingerprint density at radius 2 is 0.443 bits per heavy atom. The van der Waals surface area contributed by atoms with E-state index in [-0.39, 0.29) is 60.0 Å². The molecule has 0 rings (SSSR count). The number of hydrogen-bond acceptors (Lipinski definition) is 38. The average molecular weight is 1220 g/mol. The van der Waals surface area contributed by atoms with Crippen LogP contribution in [0.15, 0.2) is 0 Å². The van der Waals surface area contributed by atoms with E-state index in [9.17, 15) is 39.0 Å². The monoisotopic (exact) mass is 1220 g/mol. The molecule has 0 aliphatic rings. The fourth-order valence-corrected chi connectivity index (χ4v) is 1.98. The predicted octanol–water partition coefficient (Wildman–Crippen LogP) is -27.8. The van der Waals surface area contributed by atoms with Crippen LogP contribution in [0.25, 0.3) is 0 Å². The zero-order chi connectivity index (χ0) is 57.1. The fourth-order valence-electron chi connectivity index (χ4n) is 1.98. The van der Waals surface area contributed by atoms with Crippen molar-refractivity contribution in [3.63, 3.8) is 0 Å². The van der Waals surface area contributed by atoms with Gasteiger partial charge in [-0.1, -0.05) is 0 Å². The van der Waals surface area contributed by atoms with Gasteiger partial charge in [0.25, 0.3) is 0 Å². The summed E-state index contributed by atoms with van der Waals surface area (Å²) in [6.07, 6.45) is 0. The number of aliphatic carboxylic acids is 2. The van der Waals surface area contributed by atoms with Gasteiger partial charge in [-0.25, -0.2) is 74.5 Å². The molecule has 0 fully saturated rings. The van der Waals surface area contributed by atoms with Crippen molar-refractivity contribution in [3.8, 4) is 0 Å². The summed E-state index contributed by atoms with van der Waals surface area (Å²) in [6, 6.07) is -3.56. The molecule has 0 saturated heterocycles. The van der Waals surface area contributed by atoms with Gasteiger partial charge in [0.2, 0.25) is 0 Å². The number of hydrogen-bond donors (Lipinski definition) is 10. The summed E-state index contributed by atoms with van der Waals surface area (Å²) in [5.74, 6) is -10.9. The van der Waals surface area contributed by atoms with E-state index < -0.39 is 101 Å². The molecule has 428 valence electrons. The second-order valence-corrected chi connectivity index (χ2v) is 12.5. The van der Waals surface area contributed by atoms with Crippen molar-refractivity contribution < 1.29 is 207 Å². The van der Waals surface area contributed by atoms with Gasteiger partial charge in [0.05, 0.1) is 50.4 Å². The third kappa shape index (κ3) is 132. The SMILES string of the molecule is CCOC(=O)C(C(=O)OCC)[C@@H](N)C(=O)[O-].CCOC(=O)C(C(=O)OCC)[C@H](N)C(=O)[O-].NCCN.NCCN.NCCN.NCCN.[Co+3].[Co+3].[O-][Cl+3]([O-])([O-])[O-].[O-][Cl+3]([O-])([O-])[O-].[O-][Cl+3]([O-])([O-])[O-].[O-][Cl+3]([O-])([O-])[O-]. The Kier molecular flexibility index (Phi) is 87.7. The summed E-state index contributed by atoms with van der Waals surface area (Å²) in [5.41, 5.74) is 49.5. The smallest absolute Gasteiger partial charge is 0.548 e. The van der Waals surface area contributed by atoms with Crippen molar-refractivity contribution in [2.45, 2.75) is 39.8 Å². The molecule has 0 heterocycles. The van der Waals surface area contributed by atoms with Gasteiger partial charge in [-0.3, -0.25) is 19.2 Å². The van der Waals surface area contributed by atoms with Crippen LogP contribution in [0.2, 0.25) is 0 Å². The van der Waals surface area contributed by atoms with Gasteiger partial charge in [-0.05, 0) is 27.7 Å². The molecule has 0 aromatic heterocycles. The van der Waals surface area contributed by atoms with Crippen LogP contribution in [-0.4, -0.2) is 127 Å². The van der Waals surface area contributed by atoms with Crippen LogP contribution in [0.3, 0.4) is 0 Å². The average Bonchev–Trinajstić information content (AvgIpc) is 3.16. The minimum absolute atomic E-state index is 0. The van der Waals surface area contributed by atoms with Gasteiger partial charge < -0.3 is 96.1 Å². The number of carboxylic acid groups (broad SMARTS) is 2. The van der Waals surface area contributed by atoms with Crippen LogP contribution in [0.1, 0.15) is 27.7 Å². The molecular weight excluding hydrogens is 1160 g/mol. The van der Waals surface area contributed by atoms with Crippen molar-refractivity contribution >= 4 is 35.8 Å². The molecule has 0 aromatic rings. The number of rotatable bonds is 16. The molecule has 0 aliphatic heterocycles. The third-order valence-corrected chi connectivity index (χ3v) is 4.09. The summed E-state index contributed by atoms with van der Waals surface area (Å²) in [5, 5.41) is 21.0. The van der Waals surface area contributed by atoms with Gasteiger partial charge in [-0.15, -0.1) is 41.0 Å². The van der Waals surface area contributed by atoms with Gasteiger partial charge in [0.1, 0.15) is 0 Å².